The molecule has 1 N–H and O–H groups in total. The van der Waals surface area contributed by atoms with Crippen molar-refractivity contribution in [3.63, 3.8) is 0 Å². The second-order valence-electron chi connectivity index (χ2n) is 4.97. The summed E-state index contributed by atoms with van der Waals surface area (Å²) in [7, 11) is 1.72. The lowest BCUT2D eigenvalue weighted by atomic mass is 9.89. The van der Waals surface area contributed by atoms with Crippen LogP contribution >= 0.6 is 0 Å². The lowest BCUT2D eigenvalue weighted by Gasteiger charge is -2.33. The minimum atomic E-state index is -0.499. The molecule has 0 aromatic heterocycles. The Morgan fingerprint density at radius 1 is 1.24 bits per heavy atom. The van der Waals surface area contributed by atoms with Crippen molar-refractivity contribution in [1.29, 1.82) is 0 Å². The van der Waals surface area contributed by atoms with Crippen LogP contribution in [-0.4, -0.2) is 17.8 Å². The fraction of sp³-hybridized carbons (Fsp3) is 0.600. The quantitative estimate of drug-likeness (QED) is 0.866. The number of aryl methyl sites for hydroxylation is 1. The molecule has 1 aromatic carbocycles. The Balaban J connectivity index is 2.19. The van der Waals surface area contributed by atoms with Crippen LogP contribution in [0.2, 0.25) is 0 Å². The van der Waals surface area contributed by atoms with Gasteiger partial charge >= 0.3 is 0 Å². The molecule has 1 atom stereocenters. The van der Waals surface area contributed by atoms with Crippen LogP contribution in [0.15, 0.2) is 24.3 Å². The molecule has 17 heavy (non-hydrogen) atoms. The third kappa shape index (κ3) is 2.38. The summed E-state index contributed by atoms with van der Waals surface area (Å²) in [5.74, 6) is 0. The summed E-state index contributed by atoms with van der Waals surface area (Å²) in [6.07, 6.45) is 4.75. The number of benzene rings is 1. The molecule has 1 aromatic rings. The Hall–Kier alpha value is -0.860. The lowest BCUT2D eigenvalue weighted by molar-refractivity contribution is -0.100. The van der Waals surface area contributed by atoms with Crippen LogP contribution in [0.25, 0.3) is 0 Å². The minimum Gasteiger partial charge on any atom is -0.385 e. The fourth-order valence-corrected chi connectivity index (χ4v) is 2.80. The van der Waals surface area contributed by atoms with Crippen LogP contribution in [0.3, 0.4) is 0 Å². The van der Waals surface area contributed by atoms with Crippen molar-refractivity contribution in [2.45, 2.75) is 50.7 Å². The van der Waals surface area contributed by atoms with E-state index in [4.69, 9.17) is 4.74 Å². The topological polar surface area (TPSA) is 29.5 Å². The number of aliphatic hydroxyl groups is 1. The molecule has 2 rings (SSSR count). The second-order valence-corrected chi connectivity index (χ2v) is 4.97. The van der Waals surface area contributed by atoms with Gasteiger partial charge < -0.3 is 9.84 Å². The predicted molar refractivity (Wildman–Crippen MR) is 69.0 cm³/mol. The van der Waals surface area contributed by atoms with Crippen LogP contribution in [0.5, 0.6) is 0 Å². The van der Waals surface area contributed by atoms with E-state index in [1.807, 2.05) is 12.1 Å². The fourth-order valence-electron chi connectivity index (χ4n) is 2.80. The first-order chi connectivity index (χ1) is 8.22. The summed E-state index contributed by atoms with van der Waals surface area (Å²) in [4.78, 5) is 0. The van der Waals surface area contributed by atoms with E-state index in [-0.39, 0.29) is 5.60 Å². The van der Waals surface area contributed by atoms with Gasteiger partial charge in [0.2, 0.25) is 0 Å². The molecule has 0 amide bonds. The summed E-state index contributed by atoms with van der Waals surface area (Å²) >= 11 is 0. The number of ether oxygens (including phenoxy) is 1. The molecule has 1 unspecified atom stereocenters. The van der Waals surface area contributed by atoms with Crippen LogP contribution < -0.4 is 0 Å². The normalized spacial score (nSPS) is 20.4. The minimum absolute atomic E-state index is 0.353. The van der Waals surface area contributed by atoms with Gasteiger partial charge in [0.25, 0.3) is 0 Å². The number of hydrogen-bond donors (Lipinski definition) is 1. The summed E-state index contributed by atoms with van der Waals surface area (Å²) in [6, 6.07) is 8.25. The highest BCUT2D eigenvalue weighted by atomic mass is 16.5. The molecule has 1 saturated carbocycles. The maximum atomic E-state index is 10.5. The monoisotopic (exact) mass is 234 g/mol. The Kier molecular flexibility index (Phi) is 3.85. The first-order valence-corrected chi connectivity index (χ1v) is 6.54. The molecule has 0 radical (unpaired) electrons. The molecule has 1 aliphatic rings. The zero-order valence-electron chi connectivity index (χ0n) is 10.8. The highest BCUT2D eigenvalue weighted by Gasteiger charge is 2.41. The average Bonchev–Trinajstić information content (AvgIpc) is 2.88. The van der Waals surface area contributed by atoms with Gasteiger partial charge in [0.1, 0.15) is 6.10 Å². The molecule has 1 aliphatic carbocycles. The van der Waals surface area contributed by atoms with E-state index >= 15 is 0 Å². The van der Waals surface area contributed by atoms with Gasteiger partial charge in [-0.3, -0.25) is 0 Å². The molecule has 2 heteroatoms. The Morgan fingerprint density at radius 2 is 1.82 bits per heavy atom. The number of methoxy groups -OCH3 is 1. The van der Waals surface area contributed by atoms with E-state index in [9.17, 15) is 5.11 Å². The maximum absolute atomic E-state index is 10.5. The van der Waals surface area contributed by atoms with Gasteiger partial charge in [-0.05, 0) is 30.4 Å². The third-order valence-electron chi connectivity index (χ3n) is 4.06. The highest BCUT2D eigenvalue weighted by molar-refractivity contribution is 5.26. The molecule has 0 aliphatic heterocycles. The zero-order valence-corrected chi connectivity index (χ0v) is 10.8. The van der Waals surface area contributed by atoms with Crippen molar-refractivity contribution in [1.82, 2.24) is 0 Å². The molecule has 94 valence electrons. The van der Waals surface area contributed by atoms with Gasteiger partial charge in [0.15, 0.2) is 0 Å². The molecular formula is C15H22O2. The van der Waals surface area contributed by atoms with Crippen LogP contribution in [0.4, 0.5) is 0 Å². The number of rotatable bonds is 4. The maximum Gasteiger partial charge on any atom is 0.108 e. The van der Waals surface area contributed by atoms with Crippen molar-refractivity contribution in [2.24, 2.45) is 0 Å². The smallest absolute Gasteiger partial charge is 0.108 e. The Bertz CT molecular complexity index is 350. The molecular weight excluding hydrogens is 212 g/mol. The molecule has 0 saturated heterocycles. The van der Waals surface area contributed by atoms with Crippen molar-refractivity contribution in [3.05, 3.63) is 35.4 Å². The van der Waals surface area contributed by atoms with Gasteiger partial charge in [0.05, 0.1) is 5.60 Å². The summed E-state index contributed by atoms with van der Waals surface area (Å²) < 4.78 is 5.62. The first-order valence-electron chi connectivity index (χ1n) is 6.54. The summed E-state index contributed by atoms with van der Waals surface area (Å²) in [5.41, 5.74) is 1.93. The van der Waals surface area contributed by atoms with E-state index in [1.54, 1.807) is 7.11 Å². The summed E-state index contributed by atoms with van der Waals surface area (Å²) in [6.45, 7) is 2.14. The molecule has 0 spiro atoms. The zero-order chi connectivity index (χ0) is 12.3. The van der Waals surface area contributed by atoms with E-state index < -0.39 is 6.10 Å². The van der Waals surface area contributed by atoms with E-state index in [2.05, 4.69) is 19.1 Å². The standard InChI is InChI=1S/C15H22O2/c1-3-12-6-8-13(9-7-12)14(16)15(17-2)10-4-5-11-15/h6-9,14,16H,3-5,10-11H2,1-2H3. The molecule has 0 bridgehead atoms. The van der Waals surface area contributed by atoms with Crippen LogP contribution in [0.1, 0.15) is 49.8 Å². The molecule has 1 fully saturated rings. The largest absolute Gasteiger partial charge is 0.385 e. The van der Waals surface area contributed by atoms with Crippen molar-refractivity contribution >= 4 is 0 Å². The second kappa shape index (κ2) is 5.19. The predicted octanol–water partition coefficient (Wildman–Crippen LogP) is 3.24. The van der Waals surface area contributed by atoms with Crippen molar-refractivity contribution < 1.29 is 9.84 Å². The first kappa shape index (κ1) is 12.6. The van der Waals surface area contributed by atoms with E-state index in [0.717, 1.165) is 37.7 Å². The van der Waals surface area contributed by atoms with Gasteiger partial charge in [-0.1, -0.05) is 44.0 Å². The van der Waals surface area contributed by atoms with Gasteiger partial charge in [-0.2, -0.15) is 0 Å². The highest BCUT2D eigenvalue weighted by Crippen LogP contribution is 2.42. The Morgan fingerprint density at radius 3 is 2.29 bits per heavy atom. The SMILES string of the molecule is CCc1ccc(C(O)C2(OC)CCCC2)cc1. The van der Waals surface area contributed by atoms with Crippen molar-refractivity contribution in [3.8, 4) is 0 Å². The third-order valence-corrected chi connectivity index (χ3v) is 4.06. The molecule has 2 nitrogen and oxygen atoms in total. The average molecular weight is 234 g/mol. The van der Waals surface area contributed by atoms with Crippen molar-refractivity contribution in [2.75, 3.05) is 7.11 Å². The molecule has 0 heterocycles. The number of hydrogen-bond acceptors (Lipinski definition) is 2. The van der Waals surface area contributed by atoms with Gasteiger partial charge in [-0.15, -0.1) is 0 Å². The lowest BCUT2D eigenvalue weighted by Crippen LogP contribution is -2.35. The van der Waals surface area contributed by atoms with Crippen LogP contribution in [0, 0.1) is 0 Å². The van der Waals surface area contributed by atoms with Gasteiger partial charge in [0, 0.05) is 7.11 Å². The van der Waals surface area contributed by atoms with Gasteiger partial charge in [-0.25, -0.2) is 0 Å². The van der Waals surface area contributed by atoms with Crippen LogP contribution in [-0.2, 0) is 11.2 Å². The summed E-state index contributed by atoms with van der Waals surface area (Å²) in [5, 5.41) is 10.5. The van der Waals surface area contributed by atoms with E-state index in [1.165, 1.54) is 5.56 Å². The van der Waals surface area contributed by atoms with E-state index in [0.29, 0.717) is 0 Å². The number of aliphatic hydroxyl groups excluding tert-OH is 1. The Labute approximate surface area is 104 Å².